The third kappa shape index (κ3) is 4.96. The zero-order valence-electron chi connectivity index (χ0n) is 9.09. The van der Waals surface area contributed by atoms with Crippen molar-refractivity contribution in [3.05, 3.63) is 70.5 Å². The molecule has 0 fully saturated rings. The Morgan fingerprint density at radius 3 is 2.35 bits per heavy atom. The summed E-state index contributed by atoms with van der Waals surface area (Å²) in [4.78, 5) is 0. The van der Waals surface area contributed by atoms with E-state index in [4.69, 9.17) is 11.6 Å². The van der Waals surface area contributed by atoms with Crippen molar-refractivity contribution in [3.63, 3.8) is 0 Å². The summed E-state index contributed by atoms with van der Waals surface area (Å²) >= 11 is 6.01. The van der Waals surface area contributed by atoms with Crippen LogP contribution in [0.2, 0.25) is 5.02 Å². The van der Waals surface area contributed by atoms with Gasteiger partial charge in [0.2, 0.25) is 0 Å². The van der Waals surface area contributed by atoms with E-state index in [2.05, 4.69) is 6.07 Å². The van der Waals surface area contributed by atoms with Gasteiger partial charge in [0.15, 0.2) is 0 Å². The smallest absolute Gasteiger partial charge is 1.00 e. The zero-order valence-corrected chi connectivity index (χ0v) is 12.8. The largest absolute Gasteiger partial charge is 2.00 e. The van der Waals surface area contributed by atoms with E-state index in [1.54, 1.807) is 24.3 Å². The van der Waals surface area contributed by atoms with E-state index in [0.717, 1.165) is 16.1 Å². The number of benzene rings is 2. The van der Waals surface area contributed by atoms with E-state index in [1.807, 2.05) is 6.07 Å². The van der Waals surface area contributed by atoms with Gasteiger partial charge in [0.1, 0.15) is 5.82 Å². The predicted molar refractivity (Wildman–Crippen MR) is 65.2 cm³/mol. The fourth-order valence-electron chi connectivity index (χ4n) is 1.40. The molecule has 0 saturated carbocycles. The maximum atomic E-state index is 12.7. The first kappa shape index (κ1) is 16.9. The van der Waals surface area contributed by atoms with Crippen LogP contribution in [0.15, 0.2) is 42.5 Å². The van der Waals surface area contributed by atoms with Crippen LogP contribution in [0.4, 0.5) is 4.39 Å². The molecule has 0 saturated heterocycles. The van der Waals surface area contributed by atoms with Gasteiger partial charge in [-0.3, -0.25) is 0 Å². The molecule has 0 heterocycles. The second-order valence-electron chi connectivity index (χ2n) is 3.32. The Balaban J connectivity index is 0.00000128. The topological polar surface area (TPSA) is 0 Å². The molecule has 0 aliphatic heterocycles. The standard InChI is InChI=1S/C13H9ClF.BrH.Mg/c14-13-4-2-1-3-11(13)9-10-5-7-12(15)8-6-10;;/h2-8H,9H2;1H;/q-1;;+2/p-1. The minimum absolute atomic E-state index is 0. The first-order chi connectivity index (χ1) is 7.25. The monoisotopic (exact) mass is 322 g/mol. The van der Waals surface area contributed by atoms with Crippen LogP contribution in [0.1, 0.15) is 11.1 Å². The molecule has 0 spiro atoms. The minimum atomic E-state index is -0.218. The van der Waals surface area contributed by atoms with Crippen molar-refractivity contribution < 1.29 is 21.4 Å². The summed E-state index contributed by atoms with van der Waals surface area (Å²) in [5, 5.41) is 0.720. The van der Waals surface area contributed by atoms with E-state index in [0.29, 0.717) is 6.42 Å². The van der Waals surface area contributed by atoms with Gasteiger partial charge in [-0.15, -0.1) is 17.2 Å². The Hall–Kier alpha value is -0.0938. The summed E-state index contributed by atoms with van der Waals surface area (Å²) in [5.74, 6) is -0.218. The van der Waals surface area contributed by atoms with Gasteiger partial charge in [-0.1, -0.05) is 22.7 Å². The van der Waals surface area contributed by atoms with Gasteiger partial charge in [-0.25, -0.2) is 4.39 Å². The van der Waals surface area contributed by atoms with Crippen LogP contribution in [0.25, 0.3) is 0 Å². The maximum Gasteiger partial charge on any atom is 2.00 e. The van der Waals surface area contributed by atoms with Crippen molar-refractivity contribution in [2.24, 2.45) is 0 Å². The van der Waals surface area contributed by atoms with Gasteiger partial charge in [0, 0.05) is 0 Å². The van der Waals surface area contributed by atoms with Crippen molar-refractivity contribution in [1.29, 1.82) is 0 Å². The van der Waals surface area contributed by atoms with E-state index in [1.165, 1.54) is 12.1 Å². The van der Waals surface area contributed by atoms with Gasteiger partial charge < -0.3 is 17.0 Å². The molecule has 0 aliphatic rings. The van der Waals surface area contributed by atoms with Gasteiger partial charge >= 0.3 is 23.1 Å². The van der Waals surface area contributed by atoms with Crippen LogP contribution in [0.5, 0.6) is 0 Å². The van der Waals surface area contributed by atoms with Crippen molar-refractivity contribution in [2.75, 3.05) is 0 Å². The van der Waals surface area contributed by atoms with Gasteiger partial charge in [0.05, 0.1) is 0 Å². The van der Waals surface area contributed by atoms with Crippen molar-refractivity contribution in [2.45, 2.75) is 6.42 Å². The maximum absolute atomic E-state index is 12.7. The van der Waals surface area contributed by atoms with Crippen LogP contribution in [0, 0.1) is 11.9 Å². The average molecular weight is 324 g/mol. The molecule has 0 radical (unpaired) electrons. The number of halogens is 3. The Kier molecular flexibility index (Phi) is 8.04. The first-order valence-electron chi connectivity index (χ1n) is 4.64. The molecule has 0 N–H and O–H groups in total. The molecule has 84 valence electrons. The fraction of sp³-hybridized carbons (Fsp3) is 0.0769. The summed E-state index contributed by atoms with van der Waals surface area (Å²) in [5.41, 5.74) is 2.05. The summed E-state index contributed by atoms with van der Waals surface area (Å²) in [6, 6.07) is 14.8. The predicted octanol–water partition coefficient (Wildman–Crippen LogP) is 0.493. The van der Waals surface area contributed by atoms with Gasteiger partial charge in [-0.2, -0.15) is 24.3 Å². The van der Waals surface area contributed by atoms with Gasteiger partial charge in [0.25, 0.3) is 0 Å². The number of hydrogen-bond donors (Lipinski definition) is 0. The van der Waals surface area contributed by atoms with Crippen LogP contribution in [-0.4, -0.2) is 23.1 Å². The molecule has 0 unspecified atom stereocenters. The molecule has 0 amide bonds. The van der Waals surface area contributed by atoms with Gasteiger partial charge in [-0.05, 0) is 18.6 Å². The quantitative estimate of drug-likeness (QED) is 0.557. The molecule has 2 aromatic carbocycles. The molecule has 17 heavy (non-hydrogen) atoms. The van der Waals surface area contributed by atoms with Crippen LogP contribution in [0.3, 0.4) is 0 Å². The van der Waals surface area contributed by atoms with Crippen LogP contribution in [-0.2, 0) is 6.42 Å². The third-order valence-corrected chi connectivity index (χ3v) is 2.57. The van der Waals surface area contributed by atoms with Crippen molar-refractivity contribution in [3.8, 4) is 0 Å². The number of rotatable bonds is 2. The molecule has 0 aromatic heterocycles. The molecule has 4 heteroatoms. The summed E-state index contributed by atoms with van der Waals surface area (Å²) in [7, 11) is 0. The molecule has 2 rings (SSSR count). The van der Waals surface area contributed by atoms with E-state index in [-0.39, 0.29) is 45.9 Å². The Labute approximate surface area is 132 Å². The molecule has 2 aromatic rings. The van der Waals surface area contributed by atoms with Crippen molar-refractivity contribution in [1.82, 2.24) is 0 Å². The Morgan fingerprint density at radius 1 is 1.12 bits per heavy atom. The average Bonchev–Trinajstić information content (AvgIpc) is 2.25. The molecular formula is C13H9BrClFMg. The van der Waals surface area contributed by atoms with Crippen molar-refractivity contribution >= 4 is 34.7 Å². The van der Waals surface area contributed by atoms with E-state index in [9.17, 15) is 4.39 Å². The normalized spacial score (nSPS) is 9.06. The SMILES string of the molecule is Fc1ccc(Cc2c[c-]ccc2Cl)cc1.[Br-].[Mg+2]. The zero-order chi connectivity index (χ0) is 10.7. The minimum Gasteiger partial charge on any atom is -1.00 e. The molecule has 0 aliphatic carbocycles. The Bertz CT molecular complexity index is 459. The number of hydrogen-bond acceptors (Lipinski definition) is 0. The molecule has 0 atom stereocenters. The molecule has 0 bridgehead atoms. The summed E-state index contributed by atoms with van der Waals surface area (Å²) in [6.07, 6.45) is 0.705. The second kappa shape index (κ2) is 8.09. The van der Waals surface area contributed by atoms with Crippen LogP contribution >= 0.6 is 11.6 Å². The fourth-order valence-corrected chi connectivity index (χ4v) is 1.59. The third-order valence-electron chi connectivity index (χ3n) is 2.20. The van der Waals surface area contributed by atoms with E-state index < -0.39 is 0 Å². The summed E-state index contributed by atoms with van der Waals surface area (Å²) in [6.45, 7) is 0. The second-order valence-corrected chi connectivity index (χ2v) is 3.73. The molecule has 0 nitrogen and oxygen atoms in total. The van der Waals surface area contributed by atoms with Crippen LogP contribution < -0.4 is 17.0 Å². The first-order valence-corrected chi connectivity index (χ1v) is 5.02. The Morgan fingerprint density at radius 2 is 1.76 bits per heavy atom. The molecular weight excluding hydrogens is 315 g/mol. The van der Waals surface area contributed by atoms with E-state index >= 15 is 0 Å². The summed E-state index contributed by atoms with van der Waals surface area (Å²) < 4.78 is 12.7.